The Labute approximate surface area is 195 Å². The summed E-state index contributed by atoms with van der Waals surface area (Å²) in [7, 11) is 0. The topological polar surface area (TPSA) is 88.0 Å². The lowest BCUT2D eigenvalue weighted by atomic mass is 10.1. The van der Waals surface area contributed by atoms with Gasteiger partial charge in [-0.05, 0) is 61.4 Å². The first-order chi connectivity index (χ1) is 15.9. The minimum absolute atomic E-state index is 0.0576. The quantitative estimate of drug-likeness (QED) is 0.455. The van der Waals surface area contributed by atoms with Crippen molar-refractivity contribution < 1.29 is 14.4 Å². The zero-order valence-corrected chi connectivity index (χ0v) is 18.6. The third-order valence-corrected chi connectivity index (χ3v) is 5.35. The fourth-order valence-corrected chi connectivity index (χ4v) is 3.52. The zero-order valence-electron chi connectivity index (χ0n) is 17.8. The van der Waals surface area contributed by atoms with Gasteiger partial charge in [-0.2, -0.15) is 0 Å². The zero-order chi connectivity index (χ0) is 23.4. The maximum atomic E-state index is 12.5. The molecule has 33 heavy (non-hydrogen) atoms. The van der Waals surface area contributed by atoms with Crippen LogP contribution in [-0.4, -0.2) is 24.1 Å². The van der Waals surface area contributed by atoms with E-state index in [-0.39, 0.29) is 17.4 Å². The highest BCUT2D eigenvalue weighted by Gasteiger charge is 2.16. The van der Waals surface area contributed by atoms with Crippen molar-refractivity contribution in [1.82, 2.24) is 5.32 Å². The second kappa shape index (κ2) is 9.71. The van der Waals surface area contributed by atoms with Crippen LogP contribution in [0.3, 0.4) is 0 Å². The number of hydrogen-bond acceptors (Lipinski definition) is 4. The molecule has 1 aliphatic rings. The number of allylic oxidation sites excluding steroid dienone is 1. The average molecular weight is 458 g/mol. The number of rotatable bonds is 6. The Morgan fingerprint density at radius 3 is 2.45 bits per heavy atom. The van der Waals surface area contributed by atoms with E-state index in [9.17, 15) is 14.4 Å². The molecule has 2 amide bonds. The molecule has 1 aliphatic heterocycles. The Morgan fingerprint density at radius 1 is 0.939 bits per heavy atom. The molecule has 0 unspecified atom stereocenters. The van der Waals surface area contributed by atoms with Crippen LogP contribution in [0, 0.1) is 6.92 Å². The van der Waals surface area contributed by atoms with E-state index in [0.29, 0.717) is 39.8 Å². The molecule has 6 nitrogen and oxygen atoms in total. The minimum Gasteiger partial charge on any atom is -0.352 e. The van der Waals surface area contributed by atoms with Crippen LogP contribution >= 0.6 is 11.6 Å². The van der Waals surface area contributed by atoms with Gasteiger partial charge in [0.25, 0.3) is 11.8 Å². The third kappa shape index (κ3) is 5.48. The average Bonchev–Trinajstić information content (AvgIpc) is 2.79. The van der Waals surface area contributed by atoms with Crippen LogP contribution in [0.1, 0.15) is 31.8 Å². The minimum atomic E-state index is -0.637. The maximum absolute atomic E-state index is 12.5. The van der Waals surface area contributed by atoms with E-state index in [4.69, 9.17) is 11.6 Å². The highest BCUT2D eigenvalue weighted by atomic mass is 35.5. The van der Waals surface area contributed by atoms with Crippen molar-refractivity contribution >= 4 is 29.2 Å². The molecule has 0 aromatic heterocycles. The number of hydrogen-bond donors (Lipinski definition) is 1. The molecule has 0 atom stereocenters. The molecule has 0 spiro atoms. The van der Waals surface area contributed by atoms with Crippen molar-refractivity contribution in [3.63, 3.8) is 0 Å². The normalized spacial score (nSPS) is 13.6. The summed E-state index contributed by atoms with van der Waals surface area (Å²) in [4.78, 5) is 45.6. The van der Waals surface area contributed by atoms with Crippen LogP contribution in [0.4, 0.5) is 0 Å². The number of fused-ring (bicyclic) bond motifs is 1. The first-order valence-electron chi connectivity index (χ1n) is 10.4. The Morgan fingerprint density at radius 2 is 1.70 bits per heavy atom. The van der Waals surface area contributed by atoms with Crippen LogP contribution in [0.25, 0.3) is 0 Å². The molecule has 1 N–H and O–H groups in total. The molecule has 0 saturated heterocycles. The van der Waals surface area contributed by atoms with E-state index in [0.717, 1.165) is 11.6 Å². The molecule has 0 radical (unpaired) electrons. The molecule has 0 aliphatic carbocycles. The van der Waals surface area contributed by atoms with Gasteiger partial charge in [0.1, 0.15) is 5.70 Å². The third-order valence-electron chi connectivity index (χ3n) is 5.10. The molecule has 0 saturated carbocycles. The van der Waals surface area contributed by atoms with Crippen LogP contribution in [-0.2, 0) is 11.2 Å². The number of nitrogens with one attached hydrogen (secondary N) is 1. The van der Waals surface area contributed by atoms with Crippen LogP contribution < -0.4 is 16.0 Å². The smallest absolute Gasteiger partial charge is 0.296 e. The summed E-state index contributed by atoms with van der Waals surface area (Å²) in [5.41, 5.74) is 3.03. The van der Waals surface area contributed by atoms with Gasteiger partial charge >= 0.3 is 0 Å². The van der Waals surface area contributed by atoms with E-state index >= 15 is 0 Å². The number of ketones is 1. The summed E-state index contributed by atoms with van der Waals surface area (Å²) in [6.45, 7) is 2.51. The van der Waals surface area contributed by atoms with Gasteiger partial charge in [-0.25, -0.2) is 9.98 Å². The van der Waals surface area contributed by atoms with Crippen molar-refractivity contribution in [1.29, 1.82) is 0 Å². The van der Waals surface area contributed by atoms with Crippen molar-refractivity contribution in [2.45, 2.75) is 13.3 Å². The molecule has 164 valence electrons. The SMILES string of the molecule is Cc1cccc(CCNC(=O)c2ccc3c(c2)=NC(=O)/C(=C/C(=O)c2ccc(Cl)cc2)N=3)c1. The predicted octanol–water partition coefficient (Wildman–Crippen LogP) is 3.17. The molecule has 4 rings (SSSR count). The summed E-state index contributed by atoms with van der Waals surface area (Å²) in [5, 5.41) is 4.10. The van der Waals surface area contributed by atoms with E-state index in [2.05, 4.69) is 21.4 Å². The van der Waals surface area contributed by atoms with Gasteiger partial charge in [0.05, 0.1) is 10.7 Å². The second-order valence-electron chi connectivity index (χ2n) is 7.63. The lowest BCUT2D eigenvalue weighted by Crippen LogP contribution is -2.34. The highest BCUT2D eigenvalue weighted by molar-refractivity contribution is 6.30. The molecule has 3 aromatic carbocycles. The second-order valence-corrected chi connectivity index (χ2v) is 8.06. The van der Waals surface area contributed by atoms with Gasteiger partial charge in [0.15, 0.2) is 5.78 Å². The molecule has 7 heteroatoms. The van der Waals surface area contributed by atoms with E-state index in [1.54, 1.807) is 36.4 Å². The molecule has 3 aromatic rings. The number of aryl methyl sites for hydroxylation is 1. The standard InChI is InChI=1S/C26H20ClN3O3/c1-16-3-2-4-17(13-16)11-12-28-25(32)19-7-10-21-22(14-19)30-26(33)23(29-21)15-24(31)18-5-8-20(27)9-6-18/h2-10,13-15H,11-12H2,1H3,(H,28,32)/b23-15-. The lowest BCUT2D eigenvalue weighted by molar-refractivity contribution is -0.114. The summed E-state index contributed by atoms with van der Waals surface area (Å²) < 4.78 is 0. The first kappa shape index (κ1) is 22.3. The van der Waals surface area contributed by atoms with Crippen LogP contribution in [0.15, 0.2) is 88.5 Å². The molecule has 1 heterocycles. The predicted molar refractivity (Wildman–Crippen MR) is 125 cm³/mol. The van der Waals surface area contributed by atoms with Gasteiger partial charge in [-0.15, -0.1) is 0 Å². The molecule has 0 fully saturated rings. The van der Waals surface area contributed by atoms with Crippen molar-refractivity contribution in [2.24, 2.45) is 9.98 Å². The van der Waals surface area contributed by atoms with E-state index in [1.165, 1.54) is 11.6 Å². The summed E-state index contributed by atoms with van der Waals surface area (Å²) in [6, 6.07) is 19.2. The van der Waals surface area contributed by atoms with Crippen molar-refractivity contribution in [3.8, 4) is 0 Å². The molecule has 0 bridgehead atoms. The number of halogens is 1. The summed E-state index contributed by atoms with van der Waals surface area (Å²) in [5.74, 6) is -1.27. The monoisotopic (exact) mass is 457 g/mol. The van der Waals surface area contributed by atoms with Crippen LogP contribution in [0.2, 0.25) is 5.02 Å². The Bertz CT molecular complexity index is 1410. The van der Waals surface area contributed by atoms with E-state index < -0.39 is 5.91 Å². The Balaban J connectivity index is 1.48. The highest BCUT2D eigenvalue weighted by Crippen LogP contribution is 2.12. The number of carbonyl (C=O) groups excluding carboxylic acids is 3. The number of amides is 2. The maximum Gasteiger partial charge on any atom is 0.296 e. The fourth-order valence-electron chi connectivity index (χ4n) is 3.40. The Hall–Kier alpha value is -3.90. The van der Waals surface area contributed by atoms with Crippen molar-refractivity contribution in [3.05, 3.63) is 116 Å². The Kier molecular flexibility index (Phi) is 6.56. The molecular weight excluding hydrogens is 438 g/mol. The lowest BCUT2D eigenvalue weighted by Gasteiger charge is -2.07. The number of carbonyl (C=O) groups is 3. The van der Waals surface area contributed by atoms with Gasteiger partial charge in [-0.3, -0.25) is 14.4 Å². The first-order valence-corrected chi connectivity index (χ1v) is 10.7. The van der Waals surface area contributed by atoms with Crippen molar-refractivity contribution in [2.75, 3.05) is 6.54 Å². The van der Waals surface area contributed by atoms with E-state index in [1.807, 2.05) is 25.1 Å². The van der Waals surface area contributed by atoms with Crippen LogP contribution in [0.5, 0.6) is 0 Å². The summed E-state index contributed by atoms with van der Waals surface area (Å²) >= 11 is 5.84. The number of benzene rings is 3. The van der Waals surface area contributed by atoms with Gasteiger partial charge in [0, 0.05) is 28.8 Å². The largest absolute Gasteiger partial charge is 0.352 e. The van der Waals surface area contributed by atoms with Gasteiger partial charge < -0.3 is 5.32 Å². The fraction of sp³-hybridized carbons (Fsp3) is 0.115. The van der Waals surface area contributed by atoms with Gasteiger partial charge in [0.2, 0.25) is 0 Å². The number of nitrogens with zero attached hydrogens (tertiary/aromatic N) is 2. The van der Waals surface area contributed by atoms with Gasteiger partial charge in [-0.1, -0.05) is 41.4 Å². The molecular formula is C26H20ClN3O3. The summed E-state index contributed by atoms with van der Waals surface area (Å²) in [6.07, 6.45) is 1.87.